The van der Waals surface area contributed by atoms with Crippen LogP contribution in [0.3, 0.4) is 0 Å². The van der Waals surface area contributed by atoms with E-state index < -0.39 is 6.10 Å². The zero-order valence-corrected chi connectivity index (χ0v) is 9.25. The zero-order valence-electron chi connectivity index (χ0n) is 8.50. The summed E-state index contributed by atoms with van der Waals surface area (Å²) in [5.41, 5.74) is 0.697. The SMILES string of the molecule is CCCn1ncc(Cl)c1C(O)CNC. The first kappa shape index (κ1) is 11.5. The highest BCUT2D eigenvalue weighted by atomic mass is 35.5. The largest absolute Gasteiger partial charge is 0.385 e. The van der Waals surface area contributed by atoms with Crippen LogP contribution >= 0.6 is 11.6 Å². The number of aliphatic hydroxyl groups excluding tert-OH is 1. The van der Waals surface area contributed by atoms with Crippen molar-refractivity contribution in [2.75, 3.05) is 13.6 Å². The maximum absolute atomic E-state index is 9.79. The molecule has 14 heavy (non-hydrogen) atoms. The molecule has 0 saturated heterocycles. The fraction of sp³-hybridized carbons (Fsp3) is 0.667. The number of nitrogens with zero attached hydrogens (tertiary/aromatic N) is 2. The van der Waals surface area contributed by atoms with E-state index in [9.17, 15) is 5.11 Å². The Labute approximate surface area is 88.9 Å². The first-order valence-corrected chi connectivity index (χ1v) is 5.12. The summed E-state index contributed by atoms with van der Waals surface area (Å²) >= 11 is 5.94. The van der Waals surface area contributed by atoms with E-state index in [-0.39, 0.29) is 0 Å². The van der Waals surface area contributed by atoms with Gasteiger partial charge < -0.3 is 10.4 Å². The van der Waals surface area contributed by atoms with E-state index in [2.05, 4.69) is 17.3 Å². The molecule has 0 aromatic carbocycles. The molecule has 1 aromatic rings. The predicted molar refractivity (Wildman–Crippen MR) is 56.4 cm³/mol. The Morgan fingerprint density at radius 2 is 2.43 bits per heavy atom. The minimum Gasteiger partial charge on any atom is -0.385 e. The van der Waals surface area contributed by atoms with Crippen molar-refractivity contribution in [1.29, 1.82) is 0 Å². The third-order valence-electron chi connectivity index (χ3n) is 1.98. The van der Waals surface area contributed by atoms with E-state index in [1.165, 1.54) is 0 Å². The van der Waals surface area contributed by atoms with Gasteiger partial charge in [-0.1, -0.05) is 18.5 Å². The van der Waals surface area contributed by atoms with Crippen LogP contribution in [0, 0.1) is 0 Å². The van der Waals surface area contributed by atoms with Gasteiger partial charge in [0.1, 0.15) is 6.10 Å². The highest BCUT2D eigenvalue weighted by Crippen LogP contribution is 2.22. The first-order valence-electron chi connectivity index (χ1n) is 4.74. The molecular weight excluding hydrogens is 202 g/mol. The second kappa shape index (κ2) is 5.34. The van der Waals surface area contributed by atoms with Crippen LogP contribution in [0.1, 0.15) is 25.1 Å². The monoisotopic (exact) mass is 217 g/mol. The van der Waals surface area contributed by atoms with Crippen molar-refractivity contribution in [3.63, 3.8) is 0 Å². The Hall–Kier alpha value is -0.580. The Morgan fingerprint density at radius 3 is 3.00 bits per heavy atom. The molecule has 1 heterocycles. The molecule has 0 spiro atoms. The smallest absolute Gasteiger partial charge is 0.109 e. The van der Waals surface area contributed by atoms with Crippen LogP contribution in [0.5, 0.6) is 0 Å². The summed E-state index contributed by atoms with van der Waals surface area (Å²) in [5, 5.41) is 17.3. The van der Waals surface area contributed by atoms with Gasteiger partial charge in [0.05, 0.1) is 16.9 Å². The van der Waals surface area contributed by atoms with Crippen LogP contribution in [0.25, 0.3) is 0 Å². The van der Waals surface area contributed by atoms with Gasteiger partial charge in [-0.05, 0) is 13.5 Å². The van der Waals surface area contributed by atoms with Gasteiger partial charge in [0.25, 0.3) is 0 Å². The van der Waals surface area contributed by atoms with Crippen LogP contribution in [0.15, 0.2) is 6.20 Å². The quantitative estimate of drug-likeness (QED) is 0.780. The van der Waals surface area contributed by atoms with E-state index in [0.29, 0.717) is 17.3 Å². The topological polar surface area (TPSA) is 50.1 Å². The van der Waals surface area contributed by atoms with E-state index in [0.717, 1.165) is 13.0 Å². The summed E-state index contributed by atoms with van der Waals surface area (Å²) in [6.07, 6.45) is 1.95. The number of aryl methyl sites for hydroxylation is 1. The van der Waals surface area contributed by atoms with Crippen LogP contribution in [0.4, 0.5) is 0 Å². The van der Waals surface area contributed by atoms with E-state index >= 15 is 0 Å². The van der Waals surface area contributed by atoms with Gasteiger partial charge in [0.2, 0.25) is 0 Å². The minimum atomic E-state index is -0.596. The Morgan fingerprint density at radius 1 is 1.71 bits per heavy atom. The Bertz CT molecular complexity index is 288. The van der Waals surface area contributed by atoms with E-state index in [1.54, 1.807) is 17.9 Å². The van der Waals surface area contributed by atoms with Crippen molar-refractivity contribution in [3.05, 3.63) is 16.9 Å². The number of hydrogen-bond donors (Lipinski definition) is 2. The van der Waals surface area contributed by atoms with Crippen molar-refractivity contribution in [2.45, 2.75) is 26.0 Å². The molecule has 0 saturated carbocycles. The molecule has 0 aliphatic rings. The lowest BCUT2D eigenvalue weighted by Gasteiger charge is -2.12. The van der Waals surface area contributed by atoms with E-state index in [4.69, 9.17) is 11.6 Å². The molecule has 0 aliphatic carbocycles. The van der Waals surface area contributed by atoms with Crippen molar-refractivity contribution in [2.24, 2.45) is 0 Å². The van der Waals surface area contributed by atoms with Crippen molar-refractivity contribution < 1.29 is 5.11 Å². The van der Waals surface area contributed by atoms with Gasteiger partial charge >= 0.3 is 0 Å². The molecule has 0 amide bonds. The van der Waals surface area contributed by atoms with Gasteiger partial charge in [0, 0.05) is 13.1 Å². The fourth-order valence-electron chi connectivity index (χ4n) is 1.38. The lowest BCUT2D eigenvalue weighted by molar-refractivity contribution is 0.166. The number of aliphatic hydroxyl groups is 1. The maximum Gasteiger partial charge on any atom is 0.109 e. The summed E-state index contributed by atoms with van der Waals surface area (Å²) in [6, 6.07) is 0. The number of likely N-dealkylation sites (N-methyl/N-ethyl adjacent to an activating group) is 1. The number of hydrogen-bond acceptors (Lipinski definition) is 3. The molecular formula is C9H16ClN3O. The normalized spacial score (nSPS) is 13.1. The van der Waals surface area contributed by atoms with Crippen molar-refractivity contribution in [3.8, 4) is 0 Å². The lowest BCUT2D eigenvalue weighted by Crippen LogP contribution is -2.20. The Balaban J connectivity index is 2.86. The molecule has 5 heteroatoms. The van der Waals surface area contributed by atoms with Crippen LogP contribution in [0.2, 0.25) is 5.02 Å². The molecule has 1 atom stereocenters. The second-order valence-electron chi connectivity index (χ2n) is 3.17. The van der Waals surface area contributed by atoms with Crippen molar-refractivity contribution >= 4 is 11.6 Å². The molecule has 2 N–H and O–H groups in total. The van der Waals surface area contributed by atoms with Gasteiger partial charge in [-0.25, -0.2) is 0 Å². The molecule has 0 radical (unpaired) electrons. The van der Waals surface area contributed by atoms with Gasteiger partial charge in [0.15, 0.2) is 0 Å². The Kier molecular flexibility index (Phi) is 4.38. The van der Waals surface area contributed by atoms with Crippen LogP contribution < -0.4 is 5.32 Å². The lowest BCUT2D eigenvalue weighted by atomic mass is 10.2. The maximum atomic E-state index is 9.79. The third-order valence-corrected chi connectivity index (χ3v) is 2.27. The molecule has 1 unspecified atom stereocenters. The molecule has 4 nitrogen and oxygen atoms in total. The summed E-state index contributed by atoms with van der Waals surface area (Å²) < 4.78 is 1.75. The fourth-order valence-corrected chi connectivity index (χ4v) is 1.65. The predicted octanol–water partition coefficient (Wildman–Crippen LogP) is 1.20. The summed E-state index contributed by atoms with van der Waals surface area (Å²) in [4.78, 5) is 0. The van der Waals surface area contributed by atoms with E-state index in [1.807, 2.05) is 0 Å². The summed E-state index contributed by atoms with van der Waals surface area (Å²) in [6.45, 7) is 3.32. The molecule has 0 aliphatic heterocycles. The second-order valence-corrected chi connectivity index (χ2v) is 3.58. The number of rotatable bonds is 5. The molecule has 0 bridgehead atoms. The van der Waals surface area contributed by atoms with Crippen LogP contribution in [-0.2, 0) is 6.54 Å². The average Bonchev–Trinajstić information content (AvgIpc) is 2.48. The van der Waals surface area contributed by atoms with Crippen molar-refractivity contribution in [1.82, 2.24) is 15.1 Å². The first-order chi connectivity index (χ1) is 6.70. The third kappa shape index (κ3) is 2.47. The molecule has 1 aromatic heterocycles. The number of halogens is 1. The standard InChI is InChI=1S/C9H16ClN3O/c1-3-4-13-9(7(10)5-12-13)8(14)6-11-2/h5,8,11,14H,3-4,6H2,1-2H3. The molecule has 0 fully saturated rings. The minimum absolute atomic E-state index is 0.481. The van der Waals surface area contributed by atoms with Gasteiger partial charge in [-0.2, -0.15) is 5.10 Å². The van der Waals surface area contributed by atoms with Gasteiger partial charge in [-0.3, -0.25) is 4.68 Å². The number of aromatic nitrogens is 2. The molecule has 80 valence electrons. The zero-order chi connectivity index (χ0) is 10.6. The molecule has 1 rings (SSSR count). The number of nitrogens with one attached hydrogen (secondary N) is 1. The summed E-state index contributed by atoms with van der Waals surface area (Å²) in [7, 11) is 1.79. The highest BCUT2D eigenvalue weighted by Gasteiger charge is 2.16. The highest BCUT2D eigenvalue weighted by molar-refractivity contribution is 6.31. The van der Waals surface area contributed by atoms with Gasteiger partial charge in [-0.15, -0.1) is 0 Å². The van der Waals surface area contributed by atoms with Crippen LogP contribution in [-0.4, -0.2) is 28.5 Å². The average molecular weight is 218 g/mol. The summed E-state index contributed by atoms with van der Waals surface area (Å²) in [5.74, 6) is 0.